The second-order valence-corrected chi connectivity index (χ2v) is 4.54. The molecule has 0 radical (unpaired) electrons. The van der Waals surface area contributed by atoms with E-state index >= 15 is 0 Å². The van der Waals surface area contributed by atoms with Crippen LogP contribution in [-0.4, -0.2) is 23.6 Å². The van der Waals surface area contributed by atoms with E-state index in [0.717, 1.165) is 12.8 Å². The van der Waals surface area contributed by atoms with E-state index in [4.69, 9.17) is 5.73 Å². The first-order chi connectivity index (χ1) is 8.45. The molecule has 0 saturated heterocycles. The highest BCUT2D eigenvalue weighted by Crippen LogP contribution is 2.22. The van der Waals surface area contributed by atoms with Gasteiger partial charge in [0.2, 0.25) is 0 Å². The fourth-order valence-corrected chi connectivity index (χ4v) is 1.56. The van der Waals surface area contributed by atoms with Gasteiger partial charge in [0.25, 0.3) is 0 Å². The first kappa shape index (κ1) is 14.3. The molecule has 5 heteroatoms. The zero-order valence-corrected chi connectivity index (χ0v) is 11.4. The molecule has 0 saturated carbocycles. The van der Waals surface area contributed by atoms with Crippen molar-refractivity contribution in [2.75, 3.05) is 18.2 Å². The molecule has 1 aromatic heterocycles. The van der Waals surface area contributed by atoms with E-state index in [1.807, 2.05) is 0 Å². The van der Waals surface area contributed by atoms with Crippen LogP contribution in [0.25, 0.3) is 0 Å². The van der Waals surface area contributed by atoms with Crippen LogP contribution in [0.1, 0.15) is 44.0 Å². The molecular weight excluding hydrogens is 230 g/mol. The summed E-state index contributed by atoms with van der Waals surface area (Å²) in [6, 6.07) is 1.63. The molecule has 100 valence electrons. The highest BCUT2D eigenvalue weighted by molar-refractivity contribution is 5.95. The molecule has 1 heterocycles. The lowest BCUT2D eigenvalue weighted by Crippen LogP contribution is -2.33. The summed E-state index contributed by atoms with van der Waals surface area (Å²) in [5.74, 6) is 0.184. The molecule has 0 bridgehead atoms. The van der Waals surface area contributed by atoms with Crippen molar-refractivity contribution in [3.63, 3.8) is 0 Å². The average Bonchev–Trinajstić information content (AvgIpc) is 2.40. The number of aromatic nitrogens is 1. The third kappa shape index (κ3) is 3.12. The summed E-state index contributed by atoms with van der Waals surface area (Å²) >= 11 is 0. The molecule has 0 aliphatic carbocycles. The lowest BCUT2D eigenvalue weighted by atomic mass is 9.95. The van der Waals surface area contributed by atoms with Crippen LogP contribution in [0.15, 0.2) is 12.3 Å². The van der Waals surface area contributed by atoms with Gasteiger partial charge in [0.15, 0.2) is 0 Å². The molecule has 0 fully saturated rings. The van der Waals surface area contributed by atoms with Crippen molar-refractivity contribution >= 4 is 17.5 Å². The van der Waals surface area contributed by atoms with Gasteiger partial charge in [0.1, 0.15) is 5.82 Å². The van der Waals surface area contributed by atoms with Crippen LogP contribution in [0.2, 0.25) is 0 Å². The molecule has 0 aliphatic rings. The first-order valence-corrected chi connectivity index (χ1v) is 6.07. The van der Waals surface area contributed by atoms with Gasteiger partial charge in [-0.2, -0.15) is 0 Å². The van der Waals surface area contributed by atoms with Crippen molar-refractivity contribution < 1.29 is 9.53 Å². The molecule has 0 aromatic carbocycles. The normalized spacial score (nSPS) is 11.1. The third-order valence-corrected chi connectivity index (χ3v) is 3.33. The Morgan fingerprint density at radius 1 is 1.50 bits per heavy atom. The first-order valence-electron chi connectivity index (χ1n) is 6.07. The van der Waals surface area contributed by atoms with Crippen LogP contribution in [0.3, 0.4) is 0 Å². The average molecular weight is 251 g/mol. The molecule has 0 atom stereocenters. The van der Waals surface area contributed by atoms with Crippen LogP contribution in [-0.2, 0) is 4.74 Å². The number of esters is 1. The van der Waals surface area contributed by atoms with Crippen molar-refractivity contribution in [1.82, 2.24) is 4.98 Å². The zero-order chi connectivity index (χ0) is 13.8. The summed E-state index contributed by atoms with van der Waals surface area (Å²) in [7, 11) is 1.33. The van der Waals surface area contributed by atoms with Crippen molar-refractivity contribution in [1.29, 1.82) is 0 Å². The lowest BCUT2D eigenvalue weighted by Gasteiger charge is -2.29. The molecule has 1 aromatic rings. The number of carbonyl (C=O) groups is 1. The Morgan fingerprint density at radius 2 is 2.11 bits per heavy atom. The molecule has 18 heavy (non-hydrogen) atoms. The highest BCUT2D eigenvalue weighted by atomic mass is 16.5. The van der Waals surface area contributed by atoms with Crippen molar-refractivity contribution in [3.8, 4) is 0 Å². The van der Waals surface area contributed by atoms with Gasteiger partial charge in [-0.15, -0.1) is 0 Å². The number of methoxy groups -OCH3 is 1. The number of hydrogen-bond acceptors (Lipinski definition) is 5. The Bertz CT molecular complexity index is 428. The van der Waals surface area contributed by atoms with Crippen molar-refractivity contribution in [2.24, 2.45) is 0 Å². The van der Waals surface area contributed by atoms with E-state index in [-0.39, 0.29) is 5.54 Å². The Kier molecular flexibility index (Phi) is 4.53. The summed E-state index contributed by atoms with van der Waals surface area (Å²) in [6.45, 7) is 6.33. The Labute approximate surface area is 108 Å². The Hall–Kier alpha value is -1.78. The van der Waals surface area contributed by atoms with Crippen LogP contribution < -0.4 is 11.1 Å². The van der Waals surface area contributed by atoms with Gasteiger partial charge in [-0.1, -0.05) is 13.8 Å². The summed E-state index contributed by atoms with van der Waals surface area (Å²) in [6.07, 6.45) is 3.40. The Morgan fingerprint density at radius 3 is 2.61 bits per heavy atom. The van der Waals surface area contributed by atoms with Crippen LogP contribution >= 0.6 is 0 Å². The number of ether oxygens (including phenoxy) is 1. The number of carbonyl (C=O) groups excluding carboxylic acids is 1. The number of nitrogens with zero attached hydrogens (tertiary/aromatic N) is 1. The van der Waals surface area contributed by atoms with Crippen LogP contribution in [0.5, 0.6) is 0 Å². The number of rotatable bonds is 5. The smallest absolute Gasteiger partial charge is 0.340 e. The zero-order valence-electron chi connectivity index (χ0n) is 11.4. The fourth-order valence-electron chi connectivity index (χ4n) is 1.56. The minimum absolute atomic E-state index is 0.0451. The quantitative estimate of drug-likeness (QED) is 0.786. The molecule has 0 aliphatic heterocycles. The number of nitrogen functional groups attached to an aromatic ring is 1. The molecule has 0 amide bonds. The number of nitrogens with one attached hydrogen (secondary N) is 1. The van der Waals surface area contributed by atoms with Gasteiger partial charge in [0, 0.05) is 5.54 Å². The highest BCUT2D eigenvalue weighted by Gasteiger charge is 2.20. The maximum absolute atomic E-state index is 11.5. The monoisotopic (exact) mass is 251 g/mol. The molecule has 0 spiro atoms. The second kappa shape index (κ2) is 5.71. The van der Waals surface area contributed by atoms with E-state index < -0.39 is 5.97 Å². The SMILES string of the molecule is CCC(C)(CC)Nc1cc(C(=O)OC)c(N)cn1. The molecule has 0 unspecified atom stereocenters. The van der Waals surface area contributed by atoms with Crippen molar-refractivity contribution in [3.05, 3.63) is 17.8 Å². The predicted octanol–water partition coefficient (Wildman–Crippen LogP) is 2.44. The lowest BCUT2D eigenvalue weighted by molar-refractivity contribution is 0.0602. The van der Waals surface area contributed by atoms with Crippen LogP contribution in [0.4, 0.5) is 11.5 Å². The van der Waals surface area contributed by atoms with Gasteiger partial charge in [-0.3, -0.25) is 0 Å². The summed E-state index contributed by atoms with van der Waals surface area (Å²) in [5, 5.41) is 3.33. The number of nitrogens with two attached hydrogens (primary N) is 1. The maximum atomic E-state index is 11.5. The molecular formula is C13H21N3O2. The number of hydrogen-bond donors (Lipinski definition) is 2. The molecule has 5 nitrogen and oxygen atoms in total. The van der Waals surface area contributed by atoms with Gasteiger partial charge < -0.3 is 15.8 Å². The number of pyridine rings is 1. The van der Waals surface area contributed by atoms with Crippen LogP contribution in [0, 0.1) is 0 Å². The summed E-state index contributed by atoms with van der Waals surface area (Å²) < 4.78 is 4.68. The van der Waals surface area contributed by atoms with Gasteiger partial charge in [0.05, 0.1) is 24.6 Å². The summed E-state index contributed by atoms with van der Waals surface area (Å²) in [4.78, 5) is 15.7. The predicted molar refractivity (Wildman–Crippen MR) is 72.6 cm³/mol. The van der Waals surface area contributed by atoms with E-state index in [1.54, 1.807) is 6.07 Å². The van der Waals surface area contributed by atoms with Gasteiger partial charge in [-0.25, -0.2) is 9.78 Å². The minimum Gasteiger partial charge on any atom is -0.465 e. The van der Waals surface area contributed by atoms with E-state index in [9.17, 15) is 4.79 Å². The maximum Gasteiger partial charge on any atom is 0.340 e. The van der Waals surface area contributed by atoms with Crippen molar-refractivity contribution in [2.45, 2.75) is 39.2 Å². The Balaban J connectivity index is 3.02. The number of anilines is 2. The van der Waals surface area contributed by atoms with Gasteiger partial charge >= 0.3 is 5.97 Å². The third-order valence-electron chi connectivity index (χ3n) is 3.33. The fraction of sp³-hybridized carbons (Fsp3) is 0.538. The topological polar surface area (TPSA) is 77.2 Å². The molecule has 3 N–H and O–H groups in total. The van der Waals surface area contributed by atoms with E-state index in [2.05, 4.69) is 35.8 Å². The molecule has 1 rings (SSSR count). The minimum atomic E-state index is -0.451. The largest absolute Gasteiger partial charge is 0.465 e. The van der Waals surface area contributed by atoms with E-state index in [1.165, 1.54) is 13.3 Å². The second-order valence-electron chi connectivity index (χ2n) is 4.54. The van der Waals surface area contributed by atoms with Gasteiger partial charge in [-0.05, 0) is 25.8 Å². The van der Waals surface area contributed by atoms with E-state index in [0.29, 0.717) is 17.1 Å². The standard InChI is InChI=1S/C13H21N3O2/c1-5-13(3,6-2)16-11-7-9(12(17)18-4)10(14)8-15-11/h7-8H,5-6,14H2,1-4H3,(H,15,16). The summed E-state index contributed by atoms with van der Waals surface area (Å²) in [5.41, 5.74) is 6.32.